The number of aromatic nitrogens is 2. The van der Waals surface area contributed by atoms with Crippen molar-refractivity contribution < 1.29 is 13.2 Å². The van der Waals surface area contributed by atoms with Crippen LogP contribution in [0.3, 0.4) is 0 Å². The molecule has 0 atom stereocenters. The summed E-state index contributed by atoms with van der Waals surface area (Å²) >= 11 is 0. The monoisotopic (exact) mass is 359 g/mol. The third-order valence-electron chi connectivity index (χ3n) is 4.73. The zero-order valence-electron chi connectivity index (χ0n) is 15.4. The quantitative estimate of drug-likeness (QED) is 0.605. The molecule has 1 fully saturated rings. The van der Waals surface area contributed by atoms with Gasteiger partial charge in [-0.05, 0) is 30.6 Å². The number of alkyl halides is 3. The van der Waals surface area contributed by atoms with Crippen molar-refractivity contribution in [2.45, 2.75) is 52.3 Å². The molecule has 1 aromatic rings. The molecule has 0 amide bonds. The molecule has 1 aromatic heterocycles. The van der Waals surface area contributed by atoms with Crippen LogP contribution in [-0.2, 0) is 19.8 Å². The number of hydrogen-bond acceptors (Lipinski definition) is 2. The second kappa shape index (κ2) is 7.66. The Morgan fingerprint density at radius 3 is 2.52 bits per heavy atom. The van der Waals surface area contributed by atoms with Gasteiger partial charge in [-0.2, -0.15) is 18.3 Å². The van der Waals surface area contributed by atoms with Gasteiger partial charge in [0.2, 0.25) is 0 Å². The van der Waals surface area contributed by atoms with Gasteiger partial charge in [0, 0.05) is 38.9 Å². The molecule has 0 aromatic carbocycles. The lowest BCUT2D eigenvalue weighted by Crippen LogP contribution is -2.46. The minimum atomic E-state index is -4.46. The highest BCUT2D eigenvalue weighted by Gasteiger charge is 2.38. The number of aliphatic imine (C=N–C) groups is 1. The summed E-state index contributed by atoms with van der Waals surface area (Å²) in [6.07, 6.45) is 1.70. The molecule has 1 aliphatic rings. The summed E-state index contributed by atoms with van der Waals surface area (Å²) in [6, 6.07) is 0. The molecular weight excluding hydrogens is 331 g/mol. The van der Waals surface area contributed by atoms with E-state index in [2.05, 4.69) is 34.6 Å². The van der Waals surface area contributed by atoms with Gasteiger partial charge in [-0.15, -0.1) is 0 Å². The summed E-state index contributed by atoms with van der Waals surface area (Å²) in [5.41, 5.74) is -0.455. The number of rotatable bonds is 6. The normalized spacial score (nSPS) is 17.5. The first-order valence-electron chi connectivity index (χ1n) is 8.69. The van der Waals surface area contributed by atoms with Crippen molar-refractivity contribution in [3.05, 3.63) is 17.5 Å². The van der Waals surface area contributed by atoms with Crippen molar-refractivity contribution in [2.75, 3.05) is 13.6 Å². The van der Waals surface area contributed by atoms with E-state index in [0.717, 1.165) is 13.0 Å². The molecule has 142 valence electrons. The second-order valence-electron chi connectivity index (χ2n) is 7.41. The second-order valence-corrected chi connectivity index (χ2v) is 7.41. The number of guanidine groups is 1. The fourth-order valence-corrected chi connectivity index (χ4v) is 3.57. The fraction of sp³-hybridized carbons (Fsp3) is 0.765. The molecule has 0 aliphatic heterocycles. The Morgan fingerprint density at radius 2 is 2.04 bits per heavy atom. The number of nitrogens with one attached hydrogen (secondary N) is 2. The van der Waals surface area contributed by atoms with Crippen LogP contribution in [0.4, 0.5) is 13.2 Å². The van der Waals surface area contributed by atoms with Gasteiger partial charge in [-0.3, -0.25) is 9.67 Å². The molecule has 0 radical (unpaired) electrons. The Hall–Kier alpha value is -1.73. The molecule has 0 bridgehead atoms. The molecule has 5 nitrogen and oxygen atoms in total. The third kappa shape index (κ3) is 5.12. The van der Waals surface area contributed by atoms with Crippen molar-refractivity contribution in [1.29, 1.82) is 0 Å². The van der Waals surface area contributed by atoms with E-state index < -0.39 is 11.9 Å². The minimum absolute atomic E-state index is 0.0273. The Kier molecular flexibility index (Phi) is 6.00. The van der Waals surface area contributed by atoms with Crippen LogP contribution in [0.15, 0.2) is 11.2 Å². The minimum Gasteiger partial charge on any atom is -0.356 e. The average molecular weight is 359 g/mol. The molecule has 1 aliphatic carbocycles. The zero-order chi connectivity index (χ0) is 18.7. The lowest BCUT2D eigenvalue weighted by Gasteiger charge is -2.43. The molecule has 0 unspecified atom stereocenters. The summed E-state index contributed by atoms with van der Waals surface area (Å²) < 4.78 is 40.2. The summed E-state index contributed by atoms with van der Waals surface area (Å²) in [4.78, 5) is 4.13. The van der Waals surface area contributed by atoms with E-state index in [1.807, 2.05) is 0 Å². The summed E-state index contributed by atoms with van der Waals surface area (Å²) in [7, 11) is 3.11. The van der Waals surface area contributed by atoms with Crippen LogP contribution in [0.5, 0.6) is 0 Å². The molecule has 25 heavy (non-hydrogen) atoms. The van der Waals surface area contributed by atoms with E-state index in [-0.39, 0.29) is 17.5 Å². The first-order valence-corrected chi connectivity index (χ1v) is 8.69. The van der Waals surface area contributed by atoms with E-state index >= 15 is 0 Å². The highest BCUT2D eigenvalue weighted by molar-refractivity contribution is 5.79. The standard InChI is InChI=1S/C17H28F3N5/c1-12(2)8-16(6-5-7-16)11-23-15(21-3)22-9-13-10-25(4)24-14(13)17(18,19)20/h10,12H,5-9,11H2,1-4H3,(H2,21,22,23). The number of nitrogens with zero attached hydrogens (tertiary/aromatic N) is 3. The molecule has 0 spiro atoms. The average Bonchev–Trinajstić information content (AvgIpc) is 2.85. The van der Waals surface area contributed by atoms with E-state index in [0.29, 0.717) is 11.9 Å². The third-order valence-corrected chi connectivity index (χ3v) is 4.73. The maximum Gasteiger partial charge on any atom is 0.435 e. The van der Waals surface area contributed by atoms with Gasteiger partial charge in [0.1, 0.15) is 0 Å². The van der Waals surface area contributed by atoms with E-state index in [9.17, 15) is 13.2 Å². The molecule has 1 heterocycles. The van der Waals surface area contributed by atoms with Crippen molar-refractivity contribution in [3.8, 4) is 0 Å². The van der Waals surface area contributed by atoms with Gasteiger partial charge in [-0.1, -0.05) is 20.3 Å². The maximum absolute atomic E-state index is 13.0. The van der Waals surface area contributed by atoms with Gasteiger partial charge >= 0.3 is 6.18 Å². The number of aryl methyl sites for hydroxylation is 1. The summed E-state index contributed by atoms with van der Waals surface area (Å²) in [6.45, 7) is 5.26. The Morgan fingerprint density at radius 1 is 1.36 bits per heavy atom. The predicted octanol–water partition coefficient (Wildman–Crippen LogP) is 3.32. The zero-order valence-corrected chi connectivity index (χ0v) is 15.4. The maximum atomic E-state index is 13.0. The van der Waals surface area contributed by atoms with Gasteiger partial charge in [0.15, 0.2) is 11.7 Å². The summed E-state index contributed by atoms with van der Waals surface area (Å²) in [5.74, 6) is 1.15. The van der Waals surface area contributed by atoms with Gasteiger partial charge in [-0.25, -0.2) is 0 Å². The van der Waals surface area contributed by atoms with E-state index in [1.165, 1.54) is 37.2 Å². The smallest absolute Gasteiger partial charge is 0.356 e. The van der Waals surface area contributed by atoms with Crippen LogP contribution in [0, 0.1) is 11.3 Å². The van der Waals surface area contributed by atoms with Crippen molar-refractivity contribution in [3.63, 3.8) is 0 Å². The topological polar surface area (TPSA) is 54.2 Å². The highest BCUT2D eigenvalue weighted by Crippen LogP contribution is 2.45. The Labute approximate surface area is 147 Å². The van der Waals surface area contributed by atoms with E-state index in [4.69, 9.17) is 0 Å². The molecule has 2 N–H and O–H groups in total. The molecule has 1 saturated carbocycles. The predicted molar refractivity (Wildman–Crippen MR) is 92.2 cm³/mol. The summed E-state index contributed by atoms with van der Waals surface area (Å²) in [5, 5.41) is 9.77. The van der Waals surface area contributed by atoms with Crippen LogP contribution >= 0.6 is 0 Å². The fourth-order valence-electron chi connectivity index (χ4n) is 3.57. The molecule has 8 heteroatoms. The van der Waals surface area contributed by atoms with Gasteiger partial charge in [0.05, 0.1) is 0 Å². The number of hydrogen-bond donors (Lipinski definition) is 2. The van der Waals surface area contributed by atoms with Crippen molar-refractivity contribution >= 4 is 5.96 Å². The largest absolute Gasteiger partial charge is 0.435 e. The SMILES string of the molecule is CN=C(NCc1cn(C)nc1C(F)(F)F)NCC1(CC(C)C)CCC1. The van der Waals surface area contributed by atoms with Crippen LogP contribution in [0.2, 0.25) is 0 Å². The highest BCUT2D eigenvalue weighted by atomic mass is 19.4. The lowest BCUT2D eigenvalue weighted by atomic mass is 9.64. The lowest BCUT2D eigenvalue weighted by molar-refractivity contribution is -0.142. The van der Waals surface area contributed by atoms with Crippen molar-refractivity contribution in [1.82, 2.24) is 20.4 Å². The van der Waals surface area contributed by atoms with Crippen LogP contribution in [0.1, 0.15) is 50.8 Å². The van der Waals surface area contributed by atoms with E-state index in [1.54, 1.807) is 7.05 Å². The van der Waals surface area contributed by atoms with Crippen LogP contribution < -0.4 is 10.6 Å². The van der Waals surface area contributed by atoms with Gasteiger partial charge < -0.3 is 10.6 Å². The first kappa shape index (κ1) is 19.6. The van der Waals surface area contributed by atoms with Crippen LogP contribution in [0.25, 0.3) is 0 Å². The van der Waals surface area contributed by atoms with Gasteiger partial charge in [0.25, 0.3) is 0 Å². The Bertz CT molecular complexity index is 600. The molecular formula is C17H28F3N5. The molecule has 2 rings (SSSR count). The first-order chi connectivity index (χ1) is 11.6. The molecule has 0 saturated heterocycles. The van der Waals surface area contributed by atoms with Crippen molar-refractivity contribution in [2.24, 2.45) is 23.4 Å². The Balaban J connectivity index is 1.93. The van der Waals surface area contributed by atoms with Crippen LogP contribution in [-0.4, -0.2) is 29.3 Å². The number of halogens is 3.